The zero-order valence-corrected chi connectivity index (χ0v) is 6.38. The predicted octanol–water partition coefficient (Wildman–Crippen LogP) is 1.93. The molecule has 0 saturated heterocycles. The molecule has 2 rings (SSSR count). The van der Waals surface area contributed by atoms with Crippen LogP contribution in [0.4, 0.5) is 0 Å². The molecule has 13 heavy (non-hydrogen) atoms. The van der Waals surface area contributed by atoms with Crippen LogP contribution in [0.2, 0.25) is 0 Å². The lowest BCUT2D eigenvalue weighted by molar-refractivity contribution is 0.0691. The van der Waals surface area contributed by atoms with Crippen LogP contribution >= 0.6 is 0 Å². The molecule has 0 aliphatic carbocycles. The highest BCUT2D eigenvalue weighted by molar-refractivity contribution is 5.89. The highest BCUT2D eigenvalue weighted by atomic mass is 16.4. The number of carboxylic acid groups (broad SMARTS) is 1. The lowest BCUT2D eigenvalue weighted by atomic mass is 10.2. The lowest BCUT2D eigenvalue weighted by Crippen LogP contribution is -1.99. The van der Waals surface area contributed by atoms with Gasteiger partial charge in [-0.15, -0.1) is 0 Å². The predicted molar refractivity (Wildman–Crippen MR) is 48.7 cm³/mol. The Morgan fingerprint density at radius 2 is 2.15 bits per heavy atom. The van der Waals surface area contributed by atoms with Gasteiger partial charge in [0.05, 0.1) is 12.4 Å². The highest BCUT2D eigenvalue weighted by Gasteiger charge is 2.03. The summed E-state index contributed by atoms with van der Waals surface area (Å²) >= 11 is 0. The van der Waals surface area contributed by atoms with E-state index in [4.69, 9.17) is 12.0 Å². The Morgan fingerprint density at radius 1 is 1.38 bits per heavy atom. The average Bonchev–Trinajstić information content (AvgIpc) is 2.33. The van der Waals surface area contributed by atoms with Crippen LogP contribution in [-0.4, -0.2) is 16.1 Å². The van der Waals surface area contributed by atoms with Crippen molar-refractivity contribution in [3.05, 3.63) is 42.0 Å². The summed E-state index contributed by atoms with van der Waals surface area (Å²) in [6, 6.07) is -0.952. The minimum absolute atomic E-state index is 0.0380. The van der Waals surface area contributed by atoms with Gasteiger partial charge in [0.2, 0.25) is 0 Å². The molecule has 0 radical (unpaired) electrons. The first-order chi connectivity index (χ1) is 8.34. The van der Waals surface area contributed by atoms with Crippen LogP contribution in [0.1, 0.15) is 17.3 Å². The first-order valence-corrected chi connectivity index (χ1v) is 3.45. The Kier molecular flexibility index (Phi) is 0.852. The number of hydrogen-bond donors (Lipinski definition) is 1. The summed E-state index contributed by atoms with van der Waals surface area (Å²) in [5.74, 6) is -1.41. The molecule has 1 heterocycles. The summed E-state index contributed by atoms with van der Waals surface area (Å²) in [6.07, 6.45) is 0. The van der Waals surface area contributed by atoms with Crippen LogP contribution in [0.5, 0.6) is 0 Å². The molecule has 0 bridgehead atoms. The van der Waals surface area contributed by atoms with Gasteiger partial charge in [0.15, 0.2) is 0 Å². The standard InChI is InChI=1S/C10H7NO2/c12-10(13)9-6-5-7-3-1-2-4-8(7)11-9/h1-6H,(H,12,13)/i1D,2D,3D,4D,6D. The van der Waals surface area contributed by atoms with Gasteiger partial charge in [-0.2, -0.15) is 0 Å². The van der Waals surface area contributed by atoms with E-state index in [-0.39, 0.29) is 23.0 Å². The molecule has 0 saturated carbocycles. The number of benzene rings is 1. The van der Waals surface area contributed by atoms with E-state index in [0.29, 0.717) is 0 Å². The Hall–Kier alpha value is -1.90. The van der Waals surface area contributed by atoms with Crippen molar-refractivity contribution in [1.82, 2.24) is 4.98 Å². The lowest BCUT2D eigenvalue weighted by Gasteiger charge is -1.97. The summed E-state index contributed by atoms with van der Waals surface area (Å²) < 4.78 is 37.7. The molecule has 0 spiro atoms. The molecule has 0 fully saturated rings. The molecule has 3 nitrogen and oxygen atoms in total. The van der Waals surface area contributed by atoms with Gasteiger partial charge < -0.3 is 5.11 Å². The van der Waals surface area contributed by atoms with Crippen molar-refractivity contribution in [2.24, 2.45) is 0 Å². The summed E-state index contributed by atoms with van der Waals surface area (Å²) in [5, 5.41) is 8.87. The van der Waals surface area contributed by atoms with Crippen molar-refractivity contribution >= 4 is 16.9 Å². The first kappa shape index (κ1) is 3.87. The van der Waals surface area contributed by atoms with E-state index < -0.39 is 29.8 Å². The molecule has 64 valence electrons. The molecule has 0 amide bonds. The van der Waals surface area contributed by atoms with E-state index in [2.05, 4.69) is 4.98 Å². The Labute approximate surface area is 81.7 Å². The minimum atomic E-state index is -1.41. The Morgan fingerprint density at radius 3 is 2.92 bits per heavy atom. The number of carbonyl (C=O) groups is 1. The first-order valence-electron chi connectivity index (χ1n) is 5.95. The molecule has 3 heteroatoms. The number of hydrogen-bond acceptors (Lipinski definition) is 2. The fourth-order valence-corrected chi connectivity index (χ4v) is 0.902. The number of pyridine rings is 1. The van der Waals surface area contributed by atoms with Gasteiger partial charge >= 0.3 is 5.97 Å². The van der Waals surface area contributed by atoms with Crippen LogP contribution < -0.4 is 0 Å². The summed E-state index contributed by atoms with van der Waals surface area (Å²) in [5.41, 5.74) is -0.679. The molecule has 2 aromatic rings. The van der Waals surface area contributed by atoms with Crippen LogP contribution in [0.25, 0.3) is 10.9 Å². The van der Waals surface area contributed by atoms with E-state index in [1.807, 2.05) is 0 Å². The van der Waals surface area contributed by atoms with Crippen molar-refractivity contribution in [2.75, 3.05) is 0 Å². The van der Waals surface area contributed by atoms with Gasteiger partial charge in [-0.05, 0) is 12.1 Å². The second-order valence-electron chi connectivity index (χ2n) is 2.32. The summed E-state index contributed by atoms with van der Waals surface area (Å²) in [4.78, 5) is 14.5. The SMILES string of the molecule is [2H]c1cc2c([2H])c([2H])c([2H])c([2H])c2nc1C(=O)O. The van der Waals surface area contributed by atoms with Gasteiger partial charge in [0.25, 0.3) is 0 Å². The molecule has 0 unspecified atom stereocenters. The van der Waals surface area contributed by atoms with Crippen LogP contribution in [-0.2, 0) is 0 Å². The van der Waals surface area contributed by atoms with Gasteiger partial charge in [-0.25, -0.2) is 9.78 Å². The van der Waals surface area contributed by atoms with E-state index in [9.17, 15) is 4.79 Å². The number of para-hydroxylation sites is 1. The quantitative estimate of drug-likeness (QED) is 0.725. The maximum atomic E-state index is 10.8. The van der Waals surface area contributed by atoms with Gasteiger partial charge in [-0.1, -0.05) is 24.2 Å². The van der Waals surface area contributed by atoms with Gasteiger partial charge in [-0.3, -0.25) is 0 Å². The Balaban J connectivity index is 2.98. The third-order valence-corrected chi connectivity index (χ3v) is 1.48. The minimum Gasteiger partial charge on any atom is -0.477 e. The smallest absolute Gasteiger partial charge is 0.354 e. The van der Waals surface area contributed by atoms with Gasteiger partial charge in [0.1, 0.15) is 5.69 Å². The largest absolute Gasteiger partial charge is 0.477 e. The van der Waals surface area contributed by atoms with Crippen molar-refractivity contribution in [3.63, 3.8) is 0 Å². The number of carboxylic acids is 1. The number of aromatic nitrogens is 1. The van der Waals surface area contributed by atoms with E-state index >= 15 is 0 Å². The third kappa shape index (κ3) is 1.36. The highest BCUT2D eigenvalue weighted by Crippen LogP contribution is 2.11. The fraction of sp³-hybridized carbons (Fsp3) is 0. The maximum absolute atomic E-state index is 10.8. The summed E-state index contributed by atoms with van der Waals surface area (Å²) in [6.45, 7) is 0. The topological polar surface area (TPSA) is 50.2 Å². The molecule has 1 aromatic carbocycles. The van der Waals surface area contributed by atoms with E-state index in [1.54, 1.807) is 0 Å². The number of rotatable bonds is 1. The molecular formula is C10H7NO2. The van der Waals surface area contributed by atoms with Gasteiger partial charge in [0, 0.05) is 5.39 Å². The van der Waals surface area contributed by atoms with Crippen molar-refractivity contribution in [2.45, 2.75) is 0 Å². The second kappa shape index (κ2) is 2.86. The number of aromatic carboxylic acids is 1. The van der Waals surface area contributed by atoms with Crippen molar-refractivity contribution in [3.8, 4) is 0 Å². The van der Waals surface area contributed by atoms with Crippen LogP contribution in [0.3, 0.4) is 0 Å². The second-order valence-corrected chi connectivity index (χ2v) is 2.32. The molecule has 1 aromatic heterocycles. The van der Waals surface area contributed by atoms with E-state index in [0.717, 1.165) is 6.07 Å². The van der Waals surface area contributed by atoms with E-state index in [1.165, 1.54) is 0 Å². The zero-order chi connectivity index (χ0) is 13.6. The third-order valence-electron chi connectivity index (χ3n) is 1.48. The number of nitrogens with zero attached hydrogens (tertiary/aromatic N) is 1. The molecule has 0 atom stereocenters. The Bertz CT molecular complexity index is 686. The molecule has 1 N–H and O–H groups in total. The number of fused-ring (bicyclic) bond motifs is 1. The summed E-state index contributed by atoms with van der Waals surface area (Å²) in [7, 11) is 0. The van der Waals surface area contributed by atoms with Crippen molar-refractivity contribution in [1.29, 1.82) is 0 Å². The zero-order valence-electron chi connectivity index (χ0n) is 11.4. The monoisotopic (exact) mass is 178 g/mol. The fourth-order valence-electron chi connectivity index (χ4n) is 0.902. The average molecular weight is 178 g/mol. The normalized spacial score (nSPS) is 15.5. The molecule has 0 aliphatic rings. The van der Waals surface area contributed by atoms with Crippen molar-refractivity contribution < 1.29 is 16.8 Å². The maximum Gasteiger partial charge on any atom is 0.354 e. The molecular weight excluding hydrogens is 166 g/mol. The van der Waals surface area contributed by atoms with Crippen LogP contribution in [0, 0.1) is 0 Å². The molecule has 0 aliphatic heterocycles. The van der Waals surface area contributed by atoms with Crippen LogP contribution in [0.15, 0.2) is 36.3 Å².